The van der Waals surface area contributed by atoms with Gasteiger partial charge in [-0.1, -0.05) is 36.4 Å². The number of nitrogens with one attached hydrogen (secondary N) is 1. The van der Waals surface area contributed by atoms with Crippen LogP contribution in [0.4, 0.5) is 4.39 Å². The molecule has 0 spiro atoms. The van der Waals surface area contributed by atoms with E-state index in [9.17, 15) is 14.0 Å². The zero-order valence-corrected chi connectivity index (χ0v) is 12.8. The van der Waals surface area contributed by atoms with Crippen molar-refractivity contribution in [3.8, 4) is 0 Å². The van der Waals surface area contributed by atoms with Crippen molar-refractivity contribution in [2.75, 3.05) is 0 Å². The van der Waals surface area contributed by atoms with Crippen molar-refractivity contribution < 1.29 is 14.0 Å². The third-order valence-electron chi connectivity index (χ3n) is 3.42. The second-order valence-corrected chi connectivity index (χ2v) is 6.07. The van der Waals surface area contributed by atoms with Gasteiger partial charge in [0.2, 0.25) is 5.91 Å². The average Bonchev–Trinajstić information content (AvgIpc) is 2.99. The fourth-order valence-electron chi connectivity index (χ4n) is 2.30. The van der Waals surface area contributed by atoms with Crippen molar-refractivity contribution in [1.29, 1.82) is 0 Å². The Hall–Kier alpha value is -2.73. The number of halogens is 1. The number of nitrogens with two attached hydrogens (primary N) is 1. The SMILES string of the molecule is NC(=O)[C@H](NC(=O)c1cc2c(F)cccc2s1)c1ccccc1. The predicted octanol–water partition coefficient (Wildman–Crippen LogP) is 3.00. The Morgan fingerprint density at radius 2 is 1.83 bits per heavy atom. The molecular weight excluding hydrogens is 315 g/mol. The summed E-state index contributed by atoms with van der Waals surface area (Å²) < 4.78 is 14.4. The lowest BCUT2D eigenvalue weighted by Gasteiger charge is -2.15. The van der Waals surface area contributed by atoms with Crippen LogP contribution in [0.1, 0.15) is 21.3 Å². The minimum atomic E-state index is -0.932. The third kappa shape index (κ3) is 3.07. The Balaban J connectivity index is 1.89. The van der Waals surface area contributed by atoms with E-state index in [2.05, 4.69) is 5.32 Å². The molecule has 23 heavy (non-hydrogen) atoms. The summed E-state index contributed by atoms with van der Waals surface area (Å²) in [6, 6.07) is 13.9. The lowest BCUT2D eigenvalue weighted by atomic mass is 10.1. The highest BCUT2D eigenvalue weighted by molar-refractivity contribution is 7.20. The molecule has 3 rings (SSSR count). The van der Waals surface area contributed by atoms with Gasteiger partial charge in [0.1, 0.15) is 11.9 Å². The van der Waals surface area contributed by atoms with E-state index in [1.807, 2.05) is 0 Å². The van der Waals surface area contributed by atoms with Gasteiger partial charge in [-0.2, -0.15) is 0 Å². The zero-order chi connectivity index (χ0) is 16.4. The van der Waals surface area contributed by atoms with Crippen LogP contribution in [0.3, 0.4) is 0 Å². The molecule has 3 N–H and O–H groups in total. The summed E-state index contributed by atoms with van der Waals surface area (Å²) in [5.74, 6) is -1.50. The smallest absolute Gasteiger partial charge is 0.262 e. The standard InChI is InChI=1S/C17H13FN2O2S/c18-12-7-4-8-13-11(12)9-14(23-13)17(22)20-15(16(19)21)10-5-2-1-3-6-10/h1-9,15H,(H2,19,21)(H,20,22)/t15-/m1/s1. The second kappa shape index (κ2) is 6.18. The van der Waals surface area contributed by atoms with Gasteiger partial charge in [0, 0.05) is 10.1 Å². The van der Waals surface area contributed by atoms with Gasteiger partial charge in [0.15, 0.2) is 0 Å². The van der Waals surface area contributed by atoms with Crippen LogP contribution in [0, 0.1) is 5.82 Å². The quantitative estimate of drug-likeness (QED) is 0.773. The monoisotopic (exact) mass is 328 g/mol. The van der Waals surface area contributed by atoms with E-state index in [1.165, 1.54) is 12.1 Å². The van der Waals surface area contributed by atoms with Crippen LogP contribution in [0.25, 0.3) is 10.1 Å². The Labute approximate surface area is 135 Å². The number of hydrogen-bond acceptors (Lipinski definition) is 3. The number of hydrogen-bond donors (Lipinski definition) is 2. The number of benzene rings is 2. The van der Waals surface area contributed by atoms with Gasteiger partial charge in [-0.05, 0) is 23.8 Å². The lowest BCUT2D eigenvalue weighted by Crippen LogP contribution is -2.37. The Morgan fingerprint density at radius 1 is 1.09 bits per heavy atom. The molecule has 0 aliphatic carbocycles. The summed E-state index contributed by atoms with van der Waals surface area (Å²) in [6.07, 6.45) is 0. The highest BCUT2D eigenvalue weighted by Crippen LogP contribution is 2.28. The average molecular weight is 328 g/mol. The first-order valence-electron chi connectivity index (χ1n) is 6.89. The minimum absolute atomic E-state index is 0.326. The van der Waals surface area contributed by atoms with E-state index in [0.717, 1.165) is 11.3 Å². The van der Waals surface area contributed by atoms with Gasteiger partial charge in [0.05, 0.1) is 4.88 Å². The molecule has 2 amide bonds. The molecule has 0 aliphatic rings. The molecule has 0 unspecified atom stereocenters. The first kappa shape index (κ1) is 15.2. The summed E-state index contributed by atoms with van der Waals surface area (Å²) in [7, 11) is 0. The van der Waals surface area contributed by atoms with Crippen molar-refractivity contribution in [2.45, 2.75) is 6.04 Å². The summed E-state index contributed by atoms with van der Waals surface area (Å²) in [4.78, 5) is 24.4. The summed E-state index contributed by atoms with van der Waals surface area (Å²) >= 11 is 1.16. The number of amides is 2. The van der Waals surface area contributed by atoms with Gasteiger partial charge in [0.25, 0.3) is 5.91 Å². The van der Waals surface area contributed by atoms with Crippen molar-refractivity contribution in [1.82, 2.24) is 5.32 Å². The summed E-state index contributed by atoms with van der Waals surface area (Å²) in [5.41, 5.74) is 5.98. The fourth-order valence-corrected chi connectivity index (χ4v) is 3.28. The van der Waals surface area contributed by atoms with Gasteiger partial charge in [-0.3, -0.25) is 9.59 Å². The normalized spacial score (nSPS) is 12.0. The van der Waals surface area contributed by atoms with Gasteiger partial charge in [-0.15, -0.1) is 11.3 Å². The number of primary amides is 1. The number of thiophene rings is 1. The molecule has 1 aromatic heterocycles. The van der Waals surface area contributed by atoms with E-state index in [0.29, 0.717) is 20.5 Å². The molecule has 0 saturated heterocycles. The summed E-state index contributed by atoms with van der Waals surface area (Å²) in [6.45, 7) is 0. The predicted molar refractivity (Wildman–Crippen MR) is 87.6 cm³/mol. The first-order valence-corrected chi connectivity index (χ1v) is 7.71. The van der Waals surface area contributed by atoms with Crippen molar-refractivity contribution in [3.05, 3.63) is 70.9 Å². The van der Waals surface area contributed by atoms with Crippen LogP contribution in [-0.4, -0.2) is 11.8 Å². The zero-order valence-electron chi connectivity index (χ0n) is 12.0. The van der Waals surface area contributed by atoms with Gasteiger partial charge >= 0.3 is 0 Å². The van der Waals surface area contributed by atoms with Crippen LogP contribution in [0.15, 0.2) is 54.6 Å². The maximum absolute atomic E-state index is 13.7. The van der Waals surface area contributed by atoms with Crippen LogP contribution in [0.5, 0.6) is 0 Å². The molecule has 3 aromatic rings. The Morgan fingerprint density at radius 3 is 2.48 bits per heavy atom. The molecule has 0 aliphatic heterocycles. The molecule has 6 heteroatoms. The second-order valence-electron chi connectivity index (χ2n) is 4.98. The minimum Gasteiger partial charge on any atom is -0.368 e. The van der Waals surface area contributed by atoms with Crippen LogP contribution >= 0.6 is 11.3 Å². The largest absolute Gasteiger partial charge is 0.368 e. The highest BCUT2D eigenvalue weighted by Gasteiger charge is 2.22. The van der Waals surface area contributed by atoms with Crippen LogP contribution in [0.2, 0.25) is 0 Å². The molecule has 0 fully saturated rings. The molecule has 116 valence electrons. The molecule has 4 nitrogen and oxygen atoms in total. The number of carbonyl (C=O) groups excluding carboxylic acids is 2. The molecule has 0 saturated carbocycles. The molecule has 0 bridgehead atoms. The van der Waals surface area contributed by atoms with E-state index in [1.54, 1.807) is 42.5 Å². The number of fused-ring (bicyclic) bond motifs is 1. The molecule has 1 heterocycles. The summed E-state index contributed by atoms with van der Waals surface area (Å²) in [5, 5.41) is 2.99. The van der Waals surface area contributed by atoms with Gasteiger partial charge in [-0.25, -0.2) is 4.39 Å². The topological polar surface area (TPSA) is 72.2 Å². The number of carbonyl (C=O) groups is 2. The Kier molecular flexibility index (Phi) is 4.08. The van der Waals surface area contributed by atoms with E-state index in [-0.39, 0.29) is 5.82 Å². The molecule has 1 atom stereocenters. The van der Waals surface area contributed by atoms with Gasteiger partial charge < -0.3 is 11.1 Å². The lowest BCUT2D eigenvalue weighted by molar-refractivity contribution is -0.120. The molecule has 0 radical (unpaired) electrons. The third-order valence-corrected chi connectivity index (χ3v) is 4.52. The van der Waals surface area contributed by atoms with Crippen molar-refractivity contribution in [3.63, 3.8) is 0 Å². The maximum atomic E-state index is 13.7. The Bertz CT molecular complexity index is 877. The molecule has 2 aromatic carbocycles. The van der Waals surface area contributed by atoms with E-state index in [4.69, 9.17) is 5.73 Å². The maximum Gasteiger partial charge on any atom is 0.262 e. The highest BCUT2D eigenvalue weighted by atomic mass is 32.1. The van der Waals surface area contributed by atoms with E-state index >= 15 is 0 Å². The van der Waals surface area contributed by atoms with Crippen molar-refractivity contribution in [2.24, 2.45) is 5.73 Å². The van der Waals surface area contributed by atoms with Crippen LogP contribution < -0.4 is 11.1 Å². The number of rotatable bonds is 4. The first-order chi connectivity index (χ1) is 11.1. The van der Waals surface area contributed by atoms with Crippen LogP contribution in [-0.2, 0) is 4.79 Å². The van der Waals surface area contributed by atoms with Crippen molar-refractivity contribution >= 4 is 33.2 Å². The molecular formula is C17H13FN2O2S. The fraction of sp³-hybridized carbons (Fsp3) is 0.0588. The van der Waals surface area contributed by atoms with E-state index < -0.39 is 17.9 Å².